The van der Waals surface area contributed by atoms with Gasteiger partial charge in [-0.2, -0.15) is 0 Å². The van der Waals surface area contributed by atoms with Crippen LogP contribution in [0.1, 0.15) is 60.9 Å². The zero-order valence-electron chi connectivity index (χ0n) is 16.7. The summed E-state index contributed by atoms with van der Waals surface area (Å²) >= 11 is 0. The Morgan fingerprint density at radius 2 is 1.93 bits per heavy atom. The van der Waals surface area contributed by atoms with Crippen LogP contribution in [-0.4, -0.2) is 19.2 Å². The molecule has 0 spiro atoms. The highest BCUT2D eigenvalue weighted by Crippen LogP contribution is 2.34. The second-order valence-corrected chi connectivity index (χ2v) is 7.89. The molecule has 0 radical (unpaired) electrons. The van der Waals surface area contributed by atoms with Crippen molar-refractivity contribution in [1.82, 2.24) is 10.6 Å². The molecule has 0 aliphatic carbocycles. The van der Waals surface area contributed by atoms with Gasteiger partial charge in [-0.3, -0.25) is 0 Å². The lowest BCUT2D eigenvalue weighted by atomic mass is 9.91. The Bertz CT molecular complexity index is 752. The van der Waals surface area contributed by atoms with Crippen LogP contribution in [0, 0.1) is 0 Å². The first-order valence-corrected chi connectivity index (χ1v) is 10.0. The van der Waals surface area contributed by atoms with E-state index >= 15 is 0 Å². The molecule has 5 heteroatoms. The van der Waals surface area contributed by atoms with Gasteiger partial charge in [0, 0.05) is 30.6 Å². The number of hydrogen-bond acceptors (Lipinski definition) is 3. The van der Waals surface area contributed by atoms with Crippen molar-refractivity contribution in [3.63, 3.8) is 0 Å². The molecule has 0 saturated carbocycles. The zero-order chi connectivity index (χ0) is 17.9. The van der Waals surface area contributed by atoms with E-state index < -0.39 is 0 Å². The Morgan fingerprint density at radius 1 is 1.14 bits per heavy atom. The molecular weight excluding hydrogens is 391 g/mol. The third-order valence-electron chi connectivity index (χ3n) is 5.72. The maximum absolute atomic E-state index is 5.96. The predicted octanol–water partition coefficient (Wildman–Crippen LogP) is 5.17. The van der Waals surface area contributed by atoms with E-state index in [1.807, 2.05) is 0 Å². The molecule has 2 aliphatic rings. The minimum Gasteiger partial charge on any atom is -0.493 e. The first-order chi connectivity index (χ1) is 12.7. The smallest absolute Gasteiger partial charge is 0.127 e. The van der Waals surface area contributed by atoms with E-state index in [1.54, 1.807) is 0 Å². The van der Waals surface area contributed by atoms with E-state index in [0.29, 0.717) is 18.0 Å². The van der Waals surface area contributed by atoms with Crippen LogP contribution in [0.3, 0.4) is 0 Å². The van der Waals surface area contributed by atoms with Gasteiger partial charge in [0.25, 0.3) is 0 Å². The van der Waals surface area contributed by atoms with Gasteiger partial charge in [-0.1, -0.05) is 56.3 Å². The molecule has 2 N–H and O–H groups in total. The topological polar surface area (TPSA) is 33.3 Å². The first-order valence-electron chi connectivity index (χ1n) is 10.0. The van der Waals surface area contributed by atoms with Gasteiger partial charge in [0.2, 0.25) is 0 Å². The number of fused-ring (bicyclic) bond motifs is 1. The van der Waals surface area contributed by atoms with Gasteiger partial charge in [0.15, 0.2) is 0 Å². The van der Waals surface area contributed by atoms with E-state index in [1.165, 1.54) is 35.1 Å². The number of halogens is 2. The average molecular weight is 423 g/mol. The highest BCUT2D eigenvalue weighted by molar-refractivity contribution is 5.85. The number of benzene rings is 2. The van der Waals surface area contributed by atoms with Gasteiger partial charge in [-0.25, -0.2) is 0 Å². The molecule has 2 aromatic rings. The Kier molecular flexibility index (Phi) is 8.63. The lowest BCUT2D eigenvalue weighted by Crippen LogP contribution is -2.45. The van der Waals surface area contributed by atoms with Crippen molar-refractivity contribution in [2.45, 2.75) is 57.7 Å². The molecule has 154 valence electrons. The summed E-state index contributed by atoms with van der Waals surface area (Å²) in [6.07, 6.45) is 3.47. The van der Waals surface area contributed by atoms with Crippen molar-refractivity contribution in [2.24, 2.45) is 0 Å². The fourth-order valence-corrected chi connectivity index (χ4v) is 4.24. The molecule has 1 fully saturated rings. The Hall–Kier alpha value is -1.26. The number of ether oxygens (including phenoxy) is 1. The molecule has 0 amide bonds. The molecule has 4 rings (SSSR count). The maximum atomic E-state index is 5.96. The molecule has 2 atom stereocenters. The summed E-state index contributed by atoms with van der Waals surface area (Å²) in [5, 5.41) is 7.55. The molecule has 2 aromatic carbocycles. The molecule has 3 nitrogen and oxygen atoms in total. The standard InChI is InChI=1S/C23H30N2O.2ClH/c1-16(2)19-13-18-10-12-26-23(18)20(14-19)15-25-21-9-6-11-24-22(21)17-7-4-3-5-8-17;;/h3-5,7-8,13-14,16,21-22,24-25H,6,9-12,15H2,1-2H3;2*1H/t21-,22-;;/m0../s1. The minimum absolute atomic E-state index is 0. The fourth-order valence-electron chi connectivity index (χ4n) is 4.24. The largest absolute Gasteiger partial charge is 0.493 e. The van der Waals surface area contributed by atoms with Crippen LogP contribution in [-0.2, 0) is 13.0 Å². The number of hydrogen-bond donors (Lipinski definition) is 2. The predicted molar refractivity (Wildman–Crippen MR) is 121 cm³/mol. The van der Waals surface area contributed by atoms with Gasteiger partial charge in [0.05, 0.1) is 6.61 Å². The highest BCUT2D eigenvalue weighted by Gasteiger charge is 2.26. The van der Waals surface area contributed by atoms with Crippen LogP contribution in [0.15, 0.2) is 42.5 Å². The number of nitrogens with one attached hydrogen (secondary N) is 2. The van der Waals surface area contributed by atoms with Crippen molar-refractivity contribution in [2.75, 3.05) is 13.2 Å². The lowest BCUT2D eigenvalue weighted by Gasteiger charge is -2.34. The number of piperidine rings is 1. The van der Waals surface area contributed by atoms with Gasteiger partial charge in [-0.15, -0.1) is 24.8 Å². The monoisotopic (exact) mass is 422 g/mol. The molecule has 2 aliphatic heterocycles. The second kappa shape index (κ2) is 10.5. The van der Waals surface area contributed by atoms with Gasteiger partial charge in [0.1, 0.15) is 5.75 Å². The molecule has 0 aromatic heterocycles. The molecule has 1 saturated heterocycles. The minimum atomic E-state index is 0. The fraction of sp³-hybridized carbons (Fsp3) is 0.478. The first kappa shape index (κ1) is 23.0. The summed E-state index contributed by atoms with van der Waals surface area (Å²) < 4.78 is 5.96. The van der Waals surface area contributed by atoms with E-state index in [2.05, 4.69) is 66.9 Å². The van der Waals surface area contributed by atoms with Crippen LogP contribution >= 0.6 is 24.8 Å². The molecular formula is C23H32Cl2N2O. The van der Waals surface area contributed by atoms with Gasteiger partial charge < -0.3 is 15.4 Å². The normalized spacial score (nSPS) is 20.7. The maximum Gasteiger partial charge on any atom is 0.127 e. The number of rotatable bonds is 5. The molecule has 0 bridgehead atoms. The van der Waals surface area contributed by atoms with Crippen LogP contribution in [0.4, 0.5) is 0 Å². The van der Waals surface area contributed by atoms with Gasteiger partial charge >= 0.3 is 0 Å². The Balaban J connectivity index is 0.00000140. The SMILES string of the molecule is CC(C)c1cc2c(c(CN[C@H]3CCCN[C@H]3c3ccccc3)c1)OCC2.Cl.Cl. The van der Waals surface area contributed by atoms with Crippen molar-refractivity contribution >= 4 is 24.8 Å². The Morgan fingerprint density at radius 3 is 2.68 bits per heavy atom. The third kappa shape index (κ3) is 5.01. The Labute approximate surface area is 181 Å². The van der Waals surface area contributed by atoms with E-state index in [0.717, 1.165) is 31.9 Å². The van der Waals surface area contributed by atoms with Crippen molar-refractivity contribution in [3.8, 4) is 5.75 Å². The van der Waals surface area contributed by atoms with Crippen molar-refractivity contribution in [1.29, 1.82) is 0 Å². The third-order valence-corrected chi connectivity index (χ3v) is 5.72. The summed E-state index contributed by atoms with van der Waals surface area (Å²) in [4.78, 5) is 0. The molecule has 28 heavy (non-hydrogen) atoms. The van der Waals surface area contributed by atoms with E-state index in [-0.39, 0.29) is 24.8 Å². The van der Waals surface area contributed by atoms with Crippen LogP contribution < -0.4 is 15.4 Å². The zero-order valence-corrected chi connectivity index (χ0v) is 18.4. The summed E-state index contributed by atoms with van der Waals surface area (Å²) in [6, 6.07) is 16.3. The molecule has 2 heterocycles. The summed E-state index contributed by atoms with van der Waals surface area (Å²) in [5.41, 5.74) is 5.50. The van der Waals surface area contributed by atoms with Crippen molar-refractivity contribution in [3.05, 3.63) is 64.7 Å². The summed E-state index contributed by atoms with van der Waals surface area (Å²) in [6.45, 7) is 7.33. The van der Waals surface area contributed by atoms with Crippen molar-refractivity contribution < 1.29 is 4.74 Å². The van der Waals surface area contributed by atoms with Crippen LogP contribution in [0.5, 0.6) is 5.75 Å². The van der Waals surface area contributed by atoms with Gasteiger partial charge in [-0.05, 0) is 42.0 Å². The second-order valence-electron chi connectivity index (χ2n) is 7.89. The van der Waals surface area contributed by atoms with E-state index in [9.17, 15) is 0 Å². The van der Waals surface area contributed by atoms with E-state index in [4.69, 9.17) is 4.74 Å². The van der Waals surface area contributed by atoms with Crippen LogP contribution in [0.2, 0.25) is 0 Å². The van der Waals surface area contributed by atoms with Crippen LogP contribution in [0.25, 0.3) is 0 Å². The average Bonchev–Trinajstić information content (AvgIpc) is 3.16. The lowest BCUT2D eigenvalue weighted by molar-refractivity contribution is 0.301. The highest BCUT2D eigenvalue weighted by atomic mass is 35.5. The molecule has 0 unspecified atom stereocenters. The summed E-state index contributed by atoms with van der Waals surface area (Å²) in [7, 11) is 0. The quantitative estimate of drug-likeness (QED) is 0.696. The summed E-state index contributed by atoms with van der Waals surface area (Å²) in [5.74, 6) is 1.68.